The first-order valence-electron chi connectivity index (χ1n) is 9.90. The summed E-state index contributed by atoms with van der Waals surface area (Å²) in [4.78, 5) is 20.8. The van der Waals surface area contributed by atoms with E-state index in [2.05, 4.69) is 25.5 Å². The van der Waals surface area contributed by atoms with Crippen molar-refractivity contribution in [2.75, 3.05) is 12.3 Å². The zero-order valence-electron chi connectivity index (χ0n) is 16.6. The van der Waals surface area contributed by atoms with E-state index in [0.29, 0.717) is 24.4 Å². The smallest absolute Gasteiger partial charge is 0.226 e. The lowest BCUT2D eigenvalue weighted by atomic mass is 10.1. The molecule has 4 heterocycles. The van der Waals surface area contributed by atoms with Crippen LogP contribution in [-0.4, -0.2) is 42.0 Å². The molecule has 0 aliphatic carbocycles. The number of fused-ring (bicyclic) bond motifs is 3. The van der Waals surface area contributed by atoms with Gasteiger partial charge in [0.2, 0.25) is 5.91 Å². The number of nitrogens with one attached hydrogen (secondary N) is 1. The molecule has 0 aliphatic rings. The van der Waals surface area contributed by atoms with Crippen LogP contribution in [0.3, 0.4) is 0 Å². The summed E-state index contributed by atoms with van der Waals surface area (Å²) in [6, 6.07) is 13.3. The predicted molar refractivity (Wildman–Crippen MR) is 118 cm³/mol. The molecule has 0 fully saturated rings. The molecule has 0 bridgehead atoms. The molecule has 0 unspecified atom stereocenters. The number of hydrogen-bond donors (Lipinski definition) is 2. The third kappa shape index (κ3) is 3.80. The van der Waals surface area contributed by atoms with Crippen molar-refractivity contribution in [1.82, 2.24) is 34.8 Å². The Morgan fingerprint density at radius 2 is 2.03 bits per heavy atom. The Bertz CT molecular complexity index is 1360. The number of aromatic nitrogens is 6. The topological polar surface area (TPSA) is 117 Å². The number of nitrogens with zero attached hydrogens (tertiary/aromatic N) is 6. The van der Waals surface area contributed by atoms with E-state index in [1.165, 1.54) is 0 Å². The number of nitrogens with two attached hydrogens (primary N) is 1. The Hall–Kier alpha value is -4.27. The third-order valence-corrected chi connectivity index (χ3v) is 5.02. The number of nitrogen functional groups attached to an aromatic ring is 1. The Morgan fingerprint density at radius 1 is 1.10 bits per heavy atom. The van der Waals surface area contributed by atoms with E-state index in [0.717, 1.165) is 27.7 Å². The highest BCUT2D eigenvalue weighted by atomic mass is 16.1. The largest absolute Gasteiger partial charge is 0.382 e. The Kier molecular flexibility index (Phi) is 4.75. The molecule has 0 saturated carbocycles. The van der Waals surface area contributed by atoms with Gasteiger partial charge in [-0.05, 0) is 36.4 Å². The minimum absolute atomic E-state index is 0.0757. The number of benzene rings is 1. The first-order valence-corrected chi connectivity index (χ1v) is 9.90. The van der Waals surface area contributed by atoms with Gasteiger partial charge >= 0.3 is 0 Å². The highest BCUT2D eigenvalue weighted by Crippen LogP contribution is 2.28. The first-order chi connectivity index (χ1) is 15.2. The van der Waals surface area contributed by atoms with Crippen molar-refractivity contribution in [3.63, 3.8) is 0 Å². The van der Waals surface area contributed by atoms with Gasteiger partial charge in [-0.15, -0.1) is 0 Å². The summed E-state index contributed by atoms with van der Waals surface area (Å²) in [5.74, 6) is 0.297. The van der Waals surface area contributed by atoms with Gasteiger partial charge in [0.1, 0.15) is 5.52 Å². The quantitative estimate of drug-likeness (QED) is 0.441. The van der Waals surface area contributed by atoms with Crippen molar-refractivity contribution in [1.29, 1.82) is 0 Å². The molecule has 5 rings (SSSR count). The van der Waals surface area contributed by atoms with Crippen LogP contribution in [-0.2, 0) is 17.8 Å². The fourth-order valence-electron chi connectivity index (χ4n) is 3.55. The zero-order valence-corrected chi connectivity index (χ0v) is 16.6. The van der Waals surface area contributed by atoms with Crippen molar-refractivity contribution >= 4 is 33.5 Å². The number of carbonyl (C=O) groups is 1. The van der Waals surface area contributed by atoms with E-state index < -0.39 is 0 Å². The van der Waals surface area contributed by atoms with Crippen LogP contribution in [0.1, 0.15) is 5.69 Å². The number of carbonyl (C=O) groups excluding carboxylic acids is 1. The maximum Gasteiger partial charge on any atom is 0.226 e. The van der Waals surface area contributed by atoms with Crippen LogP contribution in [0.5, 0.6) is 0 Å². The molecule has 0 radical (unpaired) electrons. The molecule has 1 aromatic carbocycles. The van der Waals surface area contributed by atoms with E-state index in [4.69, 9.17) is 5.73 Å². The summed E-state index contributed by atoms with van der Waals surface area (Å²) < 4.78 is 3.56. The summed E-state index contributed by atoms with van der Waals surface area (Å²) in [5.41, 5.74) is 9.26. The third-order valence-electron chi connectivity index (χ3n) is 5.02. The van der Waals surface area contributed by atoms with Gasteiger partial charge in [-0.2, -0.15) is 10.2 Å². The highest BCUT2D eigenvalue weighted by Gasteiger charge is 2.12. The van der Waals surface area contributed by atoms with Crippen LogP contribution in [0.15, 0.2) is 67.3 Å². The van der Waals surface area contributed by atoms with Gasteiger partial charge in [0.25, 0.3) is 0 Å². The molecule has 9 nitrogen and oxygen atoms in total. The van der Waals surface area contributed by atoms with Gasteiger partial charge in [0, 0.05) is 47.8 Å². The number of anilines is 1. The molecule has 0 saturated heterocycles. The van der Waals surface area contributed by atoms with Crippen molar-refractivity contribution < 1.29 is 4.79 Å². The van der Waals surface area contributed by atoms with Gasteiger partial charge in [-0.25, -0.2) is 9.67 Å². The van der Waals surface area contributed by atoms with Gasteiger partial charge in [-0.3, -0.25) is 14.5 Å². The van der Waals surface area contributed by atoms with Crippen molar-refractivity contribution in [3.8, 4) is 5.69 Å². The van der Waals surface area contributed by atoms with Crippen LogP contribution < -0.4 is 11.1 Å². The molecule has 31 heavy (non-hydrogen) atoms. The minimum Gasteiger partial charge on any atom is -0.382 e. The molecular formula is C22H20N8O. The van der Waals surface area contributed by atoms with Crippen molar-refractivity contribution in [3.05, 3.63) is 72.9 Å². The SMILES string of the molecule is Nc1nc2cc(-n3cccn3)ccc2c2cn(CCNC(=O)Cc3ccccn3)nc12. The number of rotatable bonds is 6. The van der Waals surface area contributed by atoms with E-state index in [-0.39, 0.29) is 12.3 Å². The summed E-state index contributed by atoms with van der Waals surface area (Å²) in [6.45, 7) is 0.976. The molecular weight excluding hydrogens is 392 g/mol. The predicted octanol–water partition coefficient (Wildman–Crippen LogP) is 2.11. The normalized spacial score (nSPS) is 11.2. The average Bonchev–Trinajstić information content (AvgIpc) is 3.45. The summed E-state index contributed by atoms with van der Waals surface area (Å²) >= 11 is 0. The number of pyridine rings is 2. The molecule has 3 N–H and O–H groups in total. The van der Waals surface area contributed by atoms with E-state index in [9.17, 15) is 4.79 Å². The highest BCUT2D eigenvalue weighted by molar-refractivity contribution is 6.08. The Balaban J connectivity index is 1.34. The van der Waals surface area contributed by atoms with Crippen LogP contribution in [0.4, 0.5) is 5.82 Å². The van der Waals surface area contributed by atoms with Gasteiger partial charge < -0.3 is 11.1 Å². The standard InChI is InChI=1S/C22H20N8O/c23-22-21-18(17-6-5-16(13-19(17)27-22)30-10-3-8-26-30)14-29(28-21)11-9-25-20(31)12-15-4-1-2-7-24-15/h1-8,10,13-14H,9,11-12H2,(H2,23,27)(H,25,31). The molecule has 1 amide bonds. The maximum absolute atomic E-state index is 12.1. The lowest BCUT2D eigenvalue weighted by Crippen LogP contribution is -2.28. The number of hydrogen-bond acceptors (Lipinski definition) is 6. The lowest BCUT2D eigenvalue weighted by Gasteiger charge is -2.05. The van der Waals surface area contributed by atoms with Gasteiger partial charge in [0.05, 0.1) is 24.2 Å². The van der Waals surface area contributed by atoms with Crippen LogP contribution in [0.2, 0.25) is 0 Å². The monoisotopic (exact) mass is 412 g/mol. The molecule has 5 aromatic rings. The molecule has 4 aromatic heterocycles. The van der Waals surface area contributed by atoms with Crippen LogP contribution in [0.25, 0.3) is 27.5 Å². The molecule has 0 aliphatic heterocycles. The van der Waals surface area contributed by atoms with E-state index >= 15 is 0 Å². The average molecular weight is 412 g/mol. The summed E-state index contributed by atoms with van der Waals surface area (Å²) in [7, 11) is 0. The fraction of sp³-hybridized carbons (Fsp3) is 0.136. The molecule has 0 spiro atoms. The molecule has 0 atom stereocenters. The molecule has 9 heteroatoms. The van der Waals surface area contributed by atoms with Gasteiger partial charge in [-0.1, -0.05) is 6.07 Å². The summed E-state index contributed by atoms with van der Waals surface area (Å²) in [6.07, 6.45) is 7.48. The fourth-order valence-corrected chi connectivity index (χ4v) is 3.55. The Morgan fingerprint density at radius 3 is 2.84 bits per heavy atom. The number of amides is 1. The second-order valence-electron chi connectivity index (χ2n) is 7.15. The second kappa shape index (κ2) is 7.86. The Labute approximate surface area is 177 Å². The minimum atomic E-state index is -0.0757. The lowest BCUT2D eigenvalue weighted by molar-refractivity contribution is -0.120. The van der Waals surface area contributed by atoms with Crippen LogP contribution in [0, 0.1) is 0 Å². The van der Waals surface area contributed by atoms with Gasteiger partial charge in [0.15, 0.2) is 5.82 Å². The van der Waals surface area contributed by atoms with Crippen molar-refractivity contribution in [2.24, 2.45) is 0 Å². The van der Waals surface area contributed by atoms with E-state index in [1.807, 2.05) is 54.9 Å². The second-order valence-corrected chi connectivity index (χ2v) is 7.15. The maximum atomic E-state index is 12.1. The van der Waals surface area contributed by atoms with Crippen molar-refractivity contribution in [2.45, 2.75) is 13.0 Å². The summed E-state index contributed by atoms with van der Waals surface area (Å²) in [5, 5.41) is 13.6. The first kappa shape index (κ1) is 18.7. The zero-order chi connectivity index (χ0) is 21.2. The molecule has 154 valence electrons. The van der Waals surface area contributed by atoms with Crippen LogP contribution >= 0.6 is 0 Å². The van der Waals surface area contributed by atoms with E-state index in [1.54, 1.807) is 21.8 Å².